The van der Waals surface area contributed by atoms with E-state index in [4.69, 9.17) is 0 Å². The lowest BCUT2D eigenvalue weighted by Crippen LogP contribution is -2.33. The Morgan fingerprint density at radius 2 is 1.93 bits per heavy atom. The quantitative estimate of drug-likeness (QED) is 0.469. The molecule has 2 rings (SSSR count). The van der Waals surface area contributed by atoms with Crippen molar-refractivity contribution in [3.8, 4) is 0 Å². The number of carbonyl (C=O) groups is 3. The summed E-state index contributed by atoms with van der Waals surface area (Å²) in [6, 6.07) is 5.74. The first-order valence-corrected chi connectivity index (χ1v) is 10.6. The summed E-state index contributed by atoms with van der Waals surface area (Å²) in [4.78, 5) is 37.7. The molecule has 160 valence electrons. The highest BCUT2D eigenvalue weighted by atomic mass is 16.2. The minimum absolute atomic E-state index is 0.0151. The van der Waals surface area contributed by atoms with Crippen molar-refractivity contribution in [2.24, 2.45) is 0 Å². The van der Waals surface area contributed by atoms with Gasteiger partial charge in [0.25, 0.3) is 5.91 Å². The van der Waals surface area contributed by atoms with Crippen LogP contribution in [0.25, 0.3) is 0 Å². The number of anilines is 1. The first-order valence-electron chi connectivity index (χ1n) is 10.6. The van der Waals surface area contributed by atoms with E-state index >= 15 is 0 Å². The number of nitrogens with zero attached hydrogens (tertiary/aromatic N) is 1. The lowest BCUT2D eigenvalue weighted by molar-refractivity contribution is -0.119. The second-order valence-corrected chi connectivity index (χ2v) is 7.64. The van der Waals surface area contributed by atoms with Crippen molar-refractivity contribution in [1.29, 1.82) is 0 Å². The lowest BCUT2D eigenvalue weighted by Gasteiger charge is -2.23. The van der Waals surface area contributed by atoms with Crippen LogP contribution in [0.2, 0.25) is 0 Å². The Labute approximate surface area is 173 Å². The third-order valence-corrected chi connectivity index (χ3v) is 5.17. The normalized spacial score (nSPS) is 13.9. The highest BCUT2D eigenvalue weighted by Crippen LogP contribution is 2.31. The van der Waals surface area contributed by atoms with Gasteiger partial charge in [-0.2, -0.15) is 0 Å². The topological polar surface area (TPSA) is 90.5 Å². The van der Waals surface area contributed by atoms with Crippen molar-refractivity contribution >= 4 is 23.4 Å². The predicted octanol–water partition coefficient (Wildman–Crippen LogP) is 2.67. The van der Waals surface area contributed by atoms with E-state index in [2.05, 4.69) is 29.8 Å². The van der Waals surface area contributed by atoms with E-state index in [9.17, 15) is 14.4 Å². The lowest BCUT2D eigenvalue weighted by atomic mass is 10.1. The van der Waals surface area contributed by atoms with Crippen molar-refractivity contribution in [1.82, 2.24) is 15.5 Å². The van der Waals surface area contributed by atoms with E-state index in [1.807, 2.05) is 23.1 Å². The summed E-state index contributed by atoms with van der Waals surface area (Å²) in [6.45, 7) is 8.48. The van der Waals surface area contributed by atoms with Gasteiger partial charge in [-0.15, -0.1) is 0 Å². The summed E-state index contributed by atoms with van der Waals surface area (Å²) in [6.07, 6.45) is 4.03. The van der Waals surface area contributed by atoms with Gasteiger partial charge in [0.05, 0.1) is 0 Å². The van der Waals surface area contributed by atoms with E-state index in [-0.39, 0.29) is 23.8 Å². The second-order valence-electron chi connectivity index (χ2n) is 7.64. The zero-order valence-electron chi connectivity index (χ0n) is 17.8. The molecule has 1 aliphatic heterocycles. The zero-order chi connectivity index (χ0) is 21.2. The molecule has 1 aromatic rings. The zero-order valence-corrected chi connectivity index (χ0v) is 17.8. The third-order valence-electron chi connectivity index (χ3n) is 5.17. The van der Waals surface area contributed by atoms with Crippen LogP contribution < -0.4 is 16.0 Å². The maximum atomic E-state index is 12.7. The highest BCUT2D eigenvalue weighted by Gasteiger charge is 2.32. The van der Waals surface area contributed by atoms with Crippen LogP contribution in [-0.4, -0.2) is 48.3 Å². The molecule has 0 fully saturated rings. The molecule has 7 nitrogen and oxygen atoms in total. The van der Waals surface area contributed by atoms with Crippen LogP contribution >= 0.6 is 0 Å². The molecule has 1 atom stereocenters. The van der Waals surface area contributed by atoms with Gasteiger partial charge in [-0.1, -0.05) is 19.4 Å². The summed E-state index contributed by atoms with van der Waals surface area (Å²) >= 11 is 0. The number of hydrogen-bond acceptors (Lipinski definition) is 4. The number of fused-ring (bicyclic) bond motifs is 1. The largest absolute Gasteiger partial charge is 0.356 e. The van der Waals surface area contributed by atoms with Crippen LogP contribution in [0.4, 0.5) is 5.69 Å². The number of hydrogen-bond donors (Lipinski definition) is 3. The van der Waals surface area contributed by atoms with Crippen molar-refractivity contribution in [3.05, 3.63) is 29.3 Å². The van der Waals surface area contributed by atoms with Crippen molar-refractivity contribution in [3.63, 3.8) is 0 Å². The predicted molar refractivity (Wildman–Crippen MR) is 115 cm³/mol. The molecule has 3 N–H and O–H groups in total. The second kappa shape index (κ2) is 11.6. The molecular weight excluding hydrogens is 368 g/mol. The Hall–Kier alpha value is -2.41. The molecule has 0 aromatic heterocycles. The van der Waals surface area contributed by atoms with Crippen LogP contribution in [0.5, 0.6) is 0 Å². The van der Waals surface area contributed by atoms with Crippen LogP contribution in [0.3, 0.4) is 0 Å². The summed E-state index contributed by atoms with van der Waals surface area (Å²) in [7, 11) is 0. The Bertz CT molecular complexity index is 720. The highest BCUT2D eigenvalue weighted by molar-refractivity contribution is 6.02. The molecule has 7 heteroatoms. The smallest absolute Gasteiger partial charge is 0.254 e. The molecule has 1 unspecified atom stereocenters. The molecule has 0 bridgehead atoms. The molecule has 29 heavy (non-hydrogen) atoms. The van der Waals surface area contributed by atoms with Gasteiger partial charge in [-0.05, 0) is 51.4 Å². The van der Waals surface area contributed by atoms with Gasteiger partial charge in [0.15, 0.2) is 0 Å². The molecule has 0 saturated carbocycles. The third kappa shape index (κ3) is 6.85. The standard InChI is InChI=1S/C22H34N4O3/c1-4-8-16(2)26-15-19-18(22(26)29)9-5-10-20(19)25-21(28)11-6-12-23-13-7-14-24-17(3)27/h5,9-10,16,23H,4,6-8,11-15H2,1-3H3,(H,24,27)(H,25,28). The number of nitrogens with one attached hydrogen (secondary N) is 3. The van der Waals surface area contributed by atoms with E-state index in [1.54, 1.807) is 0 Å². The van der Waals surface area contributed by atoms with E-state index in [0.29, 0.717) is 25.1 Å². The van der Waals surface area contributed by atoms with Crippen LogP contribution in [0, 0.1) is 0 Å². The number of carbonyl (C=O) groups excluding carboxylic acids is 3. The fraction of sp³-hybridized carbons (Fsp3) is 0.591. The Morgan fingerprint density at radius 3 is 2.66 bits per heavy atom. The number of benzene rings is 1. The van der Waals surface area contributed by atoms with Gasteiger partial charge in [0.2, 0.25) is 11.8 Å². The van der Waals surface area contributed by atoms with Gasteiger partial charge in [0.1, 0.15) is 0 Å². The average Bonchev–Trinajstić information content (AvgIpc) is 3.02. The van der Waals surface area contributed by atoms with Crippen LogP contribution in [-0.2, 0) is 16.1 Å². The van der Waals surface area contributed by atoms with Gasteiger partial charge >= 0.3 is 0 Å². The van der Waals surface area contributed by atoms with E-state index < -0.39 is 0 Å². The molecule has 0 radical (unpaired) electrons. The Morgan fingerprint density at radius 1 is 1.17 bits per heavy atom. The van der Waals surface area contributed by atoms with Crippen molar-refractivity contribution in [2.75, 3.05) is 25.0 Å². The fourth-order valence-electron chi connectivity index (χ4n) is 3.59. The fourth-order valence-corrected chi connectivity index (χ4v) is 3.59. The van der Waals surface area contributed by atoms with Crippen LogP contribution in [0.15, 0.2) is 18.2 Å². The van der Waals surface area contributed by atoms with Gasteiger partial charge in [0, 0.05) is 49.3 Å². The molecule has 1 aliphatic rings. The number of rotatable bonds is 12. The van der Waals surface area contributed by atoms with Gasteiger partial charge in [-0.25, -0.2) is 0 Å². The summed E-state index contributed by atoms with van der Waals surface area (Å²) in [5.74, 6) is 0.00479. The minimum Gasteiger partial charge on any atom is -0.356 e. The van der Waals surface area contributed by atoms with Crippen molar-refractivity contribution in [2.45, 2.75) is 65.5 Å². The molecular formula is C22H34N4O3. The molecule has 3 amide bonds. The molecule has 1 heterocycles. The van der Waals surface area contributed by atoms with Gasteiger partial charge < -0.3 is 20.9 Å². The van der Waals surface area contributed by atoms with E-state index in [0.717, 1.165) is 50.0 Å². The maximum Gasteiger partial charge on any atom is 0.254 e. The molecule has 0 saturated heterocycles. The summed E-state index contributed by atoms with van der Waals surface area (Å²) in [5, 5.41) is 9.01. The molecule has 0 aliphatic carbocycles. The van der Waals surface area contributed by atoms with Crippen molar-refractivity contribution < 1.29 is 14.4 Å². The summed E-state index contributed by atoms with van der Waals surface area (Å²) in [5.41, 5.74) is 2.37. The SMILES string of the molecule is CCCC(C)N1Cc2c(NC(=O)CCCNCCCNC(C)=O)cccc2C1=O. The van der Waals surface area contributed by atoms with Gasteiger partial charge in [-0.3, -0.25) is 14.4 Å². The van der Waals surface area contributed by atoms with Crippen LogP contribution in [0.1, 0.15) is 68.8 Å². The molecule has 1 aromatic carbocycles. The molecule has 0 spiro atoms. The Kier molecular flexibility index (Phi) is 9.12. The Balaban J connectivity index is 1.77. The first-order chi connectivity index (χ1) is 13.9. The summed E-state index contributed by atoms with van der Waals surface area (Å²) < 4.78 is 0. The first kappa shape index (κ1) is 22.9. The maximum absolute atomic E-state index is 12.7. The monoisotopic (exact) mass is 402 g/mol. The minimum atomic E-state index is -0.0362. The average molecular weight is 403 g/mol. The van der Waals surface area contributed by atoms with E-state index in [1.165, 1.54) is 6.92 Å². The number of amides is 3.